The second-order valence-electron chi connectivity index (χ2n) is 7.79. The van der Waals surface area contributed by atoms with Gasteiger partial charge in [0.1, 0.15) is 0 Å². The van der Waals surface area contributed by atoms with Crippen LogP contribution < -0.4 is 11.1 Å². The largest absolute Gasteiger partial charge is 0.373 e. The second-order valence-corrected chi connectivity index (χ2v) is 7.79. The fraction of sp³-hybridized carbons (Fsp3) is 0.650. The summed E-state index contributed by atoms with van der Waals surface area (Å²) in [5.41, 5.74) is 8.69. The molecule has 1 aromatic carbocycles. The highest BCUT2D eigenvalue weighted by Crippen LogP contribution is 2.40. The number of nitrogens with one attached hydrogen (secondary N) is 1. The lowest BCUT2D eigenvalue weighted by Gasteiger charge is -2.45. The minimum Gasteiger partial charge on any atom is -0.373 e. The number of halogens is 1. The molecule has 2 aliphatic carbocycles. The molecular formula is C20H29ClN2O2. The lowest BCUT2D eigenvalue weighted by Crippen LogP contribution is -2.53. The Labute approximate surface area is 156 Å². The van der Waals surface area contributed by atoms with Gasteiger partial charge in [0.15, 0.2) is 0 Å². The maximum absolute atomic E-state index is 12.7. The molecule has 0 saturated heterocycles. The number of carbonyl (C=O) groups excluding carboxylic acids is 1. The van der Waals surface area contributed by atoms with Gasteiger partial charge in [-0.25, -0.2) is 0 Å². The number of ether oxygens (including phenoxy) is 1. The summed E-state index contributed by atoms with van der Waals surface area (Å²) in [5.74, 6) is 1.26. The zero-order valence-corrected chi connectivity index (χ0v) is 15.5. The summed E-state index contributed by atoms with van der Waals surface area (Å²) in [4.78, 5) is 12.7. The maximum Gasteiger partial charge on any atom is 0.223 e. The van der Waals surface area contributed by atoms with E-state index in [4.69, 9.17) is 10.5 Å². The Morgan fingerprint density at radius 3 is 2.68 bits per heavy atom. The normalized spacial score (nSPS) is 33.7. The van der Waals surface area contributed by atoms with Crippen LogP contribution in [0.5, 0.6) is 0 Å². The van der Waals surface area contributed by atoms with Crippen LogP contribution in [0.4, 0.5) is 0 Å². The van der Waals surface area contributed by atoms with Gasteiger partial charge in [-0.05, 0) is 55.1 Å². The SMILES string of the molecule is Cl.NC1CC2CCCC(C1)C2NC(=O)CC1OCCc2ccccc21. The predicted molar refractivity (Wildman–Crippen MR) is 101 cm³/mol. The van der Waals surface area contributed by atoms with Crippen LogP contribution in [0.15, 0.2) is 24.3 Å². The number of nitrogens with two attached hydrogens (primary N) is 1. The third-order valence-corrected chi connectivity index (χ3v) is 6.17. The van der Waals surface area contributed by atoms with Gasteiger partial charge in [0, 0.05) is 12.1 Å². The van der Waals surface area contributed by atoms with Crippen LogP contribution in [-0.2, 0) is 16.0 Å². The molecule has 25 heavy (non-hydrogen) atoms. The number of hydrogen-bond acceptors (Lipinski definition) is 3. The summed E-state index contributed by atoms with van der Waals surface area (Å²) < 4.78 is 5.89. The molecule has 4 rings (SSSR count). The Bertz CT molecular complexity index is 595. The number of rotatable bonds is 3. The molecule has 3 unspecified atom stereocenters. The first kappa shape index (κ1) is 18.7. The summed E-state index contributed by atoms with van der Waals surface area (Å²) in [6.45, 7) is 0.707. The smallest absolute Gasteiger partial charge is 0.223 e. The predicted octanol–water partition coefficient (Wildman–Crippen LogP) is 3.13. The third-order valence-electron chi connectivity index (χ3n) is 6.17. The summed E-state index contributed by atoms with van der Waals surface area (Å²) >= 11 is 0. The first-order valence-electron chi connectivity index (χ1n) is 9.45. The Morgan fingerprint density at radius 1 is 1.20 bits per heavy atom. The van der Waals surface area contributed by atoms with Crippen LogP contribution in [0.3, 0.4) is 0 Å². The van der Waals surface area contributed by atoms with E-state index in [0.717, 1.165) is 19.3 Å². The third kappa shape index (κ3) is 4.02. The summed E-state index contributed by atoms with van der Waals surface area (Å²) in [7, 11) is 0. The lowest BCUT2D eigenvalue weighted by molar-refractivity contribution is -0.126. The van der Waals surface area contributed by atoms with Gasteiger partial charge >= 0.3 is 0 Å². The molecule has 1 heterocycles. The van der Waals surface area contributed by atoms with E-state index in [1.165, 1.54) is 30.4 Å². The topological polar surface area (TPSA) is 64.3 Å². The Balaban J connectivity index is 0.00000182. The van der Waals surface area contributed by atoms with Gasteiger partial charge in [-0.2, -0.15) is 0 Å². The van der Waals surface area contributed by atoms with Crippen LogP contribution in [-0.4, -0.2) is 24.6 Å². The van der Waals surface area contributed by atoms with Gasteiger partial charge in [-0.1, -0.05) is 30.7 Å². The average molecular weight is 365 g/mol. The highest BCUT2D eigenvalue weighted by atomic mass is 35.5. The van der Waals surface area contributed by atoms with Crippen molar-refractivity contribution in [3.63, 3.8) is 0 Å². The van der Waals surface area contributed by atoms with Gasteiger partial charge in [-0.3, -0.25) is 4.79 Å². The standard InChI is InChI=1S/C20H28N2O2.ClH/c21-16-10-14-5-3-6-15(11-16)20(14)22-19(23)12-18-17-7-2-1-4-13(17)8-9-24-18;/h1-2,4,7,14-16,18,20H,3,5-6,8-12,21H2,(H,22,23);1H. The van der Waals surface area contributed by atoms with Crippen molar-refractivity contribution in [1.29, 1.82) is 0 Å². The Kier molecular flexibility index (Phi) is 6.03. The van der Waals surface area contributed by atoms with Gasteiger partial charge in [0.2, 0.25) is 5.91 Å². The van der Waals surface area contributed by atoms with Gasteiger partial charge in [-0.15, -0.1) is 12.4 Å². The van der Waals surface area contributed by atoms with E-state index in [1.54, 1.807) is 0 Å². The van der Waals surface area contributed by atoms with Crippen molar-refractivity contribution in [2.75, 3.05) is 6.61 Å². The minimum absolute atomic E-state index is 0. The van der Waals surface area contributed by atoms with E-state index in [9.17, 15) is 4.79 Å². The Morgan fingerprint density at radius 2 is 1.92 bits per heavy atom. The first-order chi connectivity index (χ1) is 11.7. The van der Waals surface area contributed by atoms with Gasteiger partial charge in [0.25, 0.3) is 0 Å². The fourth-order valence-corrected chi connectivity index (χ4v) is 5.08. The second kappa shape index (κ2) is 8.07. The van der Waals surface area contributed by atoms with Crippen molar-refractivity contribution in [3.05, 3.63) is 35.4 Å². The van der Waals surface area contributed by atoms with Gasteiger partial charge < -0.3 is 15.8 Å². The Hall–Kier alpha value is -1.10. The van der Waals surface area contributed by atoms with E-state index in [1.807, 2.05) is 6.07 Å². The van der Waals surface area contributed by atoms with Crippen LogP contribution in [0.2, 0.25) is 0 Å². The molecule has 4 nitrogen and oxygen atoms in total. The summed E-state index contributed by atoms with van der Waals surface area (Å²) in [6, 6.07) is 8.99. The molecule has 3 N–H and O–H groups in total. The number of hydrogen-bond donors (Lipinski definition) is 2. The average Bonchev–Trinajstić information content (AvgIpc) is 2.56. The van der Waals surface area contributed by atoms with Crippen LogP contribution in [0, 0.1) is 11.8 Å². The molecule has 0 spiro atoms. The minimum atomic E-state index is -0.0966. The molecular weight excluding hydrogens is 336 g/mol. The van der Waals surface area contributed by atoms with Crippen LogP contribution >= 0.6 is 12.4 Å². The van der Waals surface area contributed by atoms with E-state index in [-0.39, 0.29) is 24.4 Å². The molecule has 1 amide bonds. The van der Waals surface area contributed by atoms with E-state index < -0.39 is 0 Å². The molecule has 1 aromatic rings. The highest BCUT2D eigenvalue weighted by Gasteiger charge is 2.40. The van der Waals surface area contributed by atoms with Crippen LogP contribution in [0.1, 0.15) is 55.8 Å². The molecule has 0 radical (unpaired) electrons. The number of benzene rings is 1. The molecule has 2 saturated carbocycles. The van der Waals surface area contributed by atoms with Crippen molar-refractivity contribution < 1.29 is 9.53 Å². The van der Waals surface area contributed by atoms with Gasteiger partial charge in [0.05, 0.1) is 19.1 Å². The monoisotopic (exact) mass is 364 g/mol. The molecule has 5 heteroatoms. The molecule has 3 aliphatic rings. The number of amides is 1. The zero-order valence-electron chi connectivity index (χ0n) is 14.7. The molecule has 1 aliphatic heterocycles. The van der Waals surface area contributed by atoms with Crippen molar-refractivity contribution in [2.45, 2.75) is 63.1 Å². The van der Waals surface area contributed by atoms with Crippen molar-refractivity contribution in [1.82, 2.24) is 5.32 Å². The number of carbonyl (C=O) groups is 1. The fourth-order valence-electron chi connectivity index (χ4n) is 5.08. The first-order valence-corrected chi connectivity index (χ1v) is 9.45. The van der Waals surface area contributed by atoms with E-state index >= 15 is 0 Å². The maximum atomic E-state index is 12.7. The number of fused-ring (bicyclic) bond motifs is 3. The van der Waals surface area contributed by atoms with Crippen LogP contribution in [0.25, 0.3) is 0 Å². The quantitative estimate of drug-likeness (QED) is 0.866. The highest BCUT2D eigenvalue weighted by molar-refractivity contribution is 5.85. The zero-order chi connectivity index (χ0) is 16.5. The van der Waals surface area contributed by atoms with Crippen molar-refractivity contribution in [2.24, 2.45) is 17.6 Å². The molecule has 0 aromatic heterocycles. The molecule has 138 valence electrons. The molecule has 2 bridgehead atoms. The summed E-state index contributed by atoms with van der Waals surface area (Å²) in [5, 5.41) is 3.35. The lowest BCUT2D eigenvalue weighted by atomic mass is 9.67. The van der Waals surface area contributed by atoms with E-state index in [2.05, 4.69) is 23.5 Å². The molecule has 3 atom stereocenters. The summed E-state index contributed by atoms with van der Waals surface area (Å²) in [6.07, 6.45) is 7.09. The van der Waals surface area contributed by atoms with Crippen molar-refractivity contribution >= 4 is 18.3 Å². The molecule has 2 fully saturated rings. The van der Waals surface area contributed by atoms with Crippen molar-refractivity contribution in [3.8, 4) is 0 Å². The van der Waals surface area contributed by atoms with E-state index in [0.29, 0.717) is 36.9 Å².